The number of nitrogen functional groups attached to an aromatic ring is 1. The topological polar surface area (TPSA) is 196 Å². The number of terminal acetylenes is 1. The van der Waals surface area contributed by atoms with Gasteiger partial charge < -0.3 is 34.5 Å². The van der Waals surface area contributed by atoms with Gasteiger partial charge in [0.05, 0.1) is 12.9 Å². The van der Waals surface area contributed by atoms with Crippen molar-refractivity contribution in [1.29, 1.82) is 0 Å². The number of hydrogen-bond donors (Lipinski definition) is 5. The number of ether oxygens (including phenoxy) is 2. The van der Waals surface area contributed by atoms with Gasteiger partial charge in [-0.1, -0.05) is 30.5 Å². The summed E-state index contributed by atoms with van der Waals surface area (Å²) >= 11 is 5.77. The number of aliphatic hydroxyl groups is 2. The molecule has 16 heteroatoms. The average Bonchev–Trinajstić information content (AvgIpc) is 3.51. The predicted molar refractivity (Wildman–Crippen MR) is 159 cm³/mol. The number of carbonyl (C=O) groups is 1. The number of benzene rings is 1. The van der Waals surface area contributed by atoms with Gasteiger partial charge in [-0.25, -0.2) is 10.1 Å². The third-order valence-electron chi connectivity index (χ3n) is 7.34. The normalized spacial score (nSPS) is 26.4. The fourth-order valence-corrected chi connectivity index (χ4v) is 7.49. The van der Waals surface area contributed by atoms with Crippen LogP contribution in [-0.2, 0) is 30.6 Å². The summed E-state index contributed by atoms with van der Waals surface area (Å²) in [5.74, 6) is 1.88. The predicted octanol–water partition coefficient (Wildman–Crippen LogP) is 1.50. The van der Waals surface area contributed by atoms with E-state index in [-0.39, 0.29) is 23.2 Å². The molecule has 1 saturated carbocycles. The van der Waals surface area contributed by atoms with Crippen LogP contribution in [0.2, 0.25) is 0 Å². The van der Waals surface area contributed by atoms with E-state index in [1.807, 2.05) is 0 Å². The molecular formula is C27H33N6O8PS. The molecule has 3 aromatic rings. The van der Waals surface area contributed by atoms with Gasteiger partial charge in [-0.15, -0.1) is 6.42 Å². The number of nitrogens with one attached hydrogen (secondary N) is 2. The molecule has 2 fully saturated rings. The Bertz CT molecular complexity index is 1610. The second-order valence-corrected chi connectivity index (χ2v) is 13.6. The van der Waals surface area contributed by atoms with E-state index in [0.717, 1.165) is 32.1 Å². The van der Waals surface area contributed by atoms with E-state index in [0.29, 0.717) is 5.75 Å². The Morgan fingerprint density at radius 1 is 1.37 bits per heavy atom. The summed E-state index contributed by atoms with van der Waals surface area (Å²) in [4.78, 5) is 35.6. The molecular weight excluding hydrogens is 599 g/mol. The lowest BCUT2D eigenvalue weighted by molar-refractivity contribution is -0.152. The second-order valence-electron chi connectivity index (χ2n) is 10.5. The van der Waals surface area contributed by atoms with E-state index in [9.17, 15) is 19.8 Å². The number of H-pyrrole nitrogens is 1. The molecule has 1 aliphatic heterocycles. The summed E-state index contributed by atoms with van der Waals surface area (Å²) in [6, 6.07) is 7.77. The number of aliphatic hydroxyl groups excluding tert-OH is 1. The molecule has 6 unspecified atom stereocenters. The van der Waals surface area contributed by atoms with Crippen molar-refractivity contribution in [2.24, 2.45) is 0 Å². The molecule has 230 valence electrons. The Morgan fingerprint density at radius 2 is 2.09 bits per heavy atom. The van der Waals surface area contributed by atoms with E-state index in [4.69, 9.17) is 42.5 Å². The van der Waals surface area contributed by atoms with Crippen LogP contribution in [0.25, 0.3) is 11.2 Å². The van der Waals surface area contributed by atoms with Crippen molar-refractivity contribution in [2.45, 2.75) is 75.2 Å². The smallest absolute Gasteiger partial charge is 0.323 e. The Balaban J connectivity index is 1.35. The zero-order valence-corrected chi connectivity index (χ0v) is 25.0. The molecule has 3 heterocycles. The Labute approximate surface area is 252 Å². The molecule has 43 heavy (non-hydrogen) atoms. The van der Waals surface area contributed by atoms with E-state index in [1.165, 1.54) is 10.9 Å². The zero-order valence-electron chi connectivity index (χ0n) is 23.3. The third kappa shape index (κ3) is 6.61. The standard InChI is InChI=1S/C27H33N6O8PS/c1-3-27(37)21(34)19(40-25(27)33-15-29-20-22(33)30-26(28)31-23(20)35)14-38-42(43,41-18-12-8-5-9-13-18)32-16(2)24(36)39-17-10-6-4-7-11-17/h1,5,8-9,12-13,15-17,19,21,25,34,37H,4,6-7,10-11,14H2,2H3,(H,32,43)(H3,28,30,31,35). The highest BCUT2D eigenvalue weighted by atomic mass is 32.5. The summed E-state index contributed by atoms with van der Waals surface area (Å²) in [6.07, 6.45) is 7.10. The summed E-state index contributed by atoms with van der Waals surface area (Å²) in [6.45, 7) is -2.30. The van der Waals surface area contributed by atoms with Crippen LogP contribution >= 0.6 is 6.64 Å². The van der Waals surface area contributed by atoms with Gasteiger partial charge in [0, 0.05) is 0 Å². The number of esters is 1. The number of aromatic nitrogens is 4. The monoisotopic (exact) mass is 632 g/mol. The number of anilines is 1. The van der Waals surface area contributed by atoms with Crippen LogP contribution in [0.15, 0.2) is 41.5 Å². The first-order chi connectivity index (χ1) is 20.5. The largest absolute Gasteiger partial charge is 0.461 e. The molecule has 0 amide bonds. The maximum absolute atomic E-state index is 12.9. The molecule has 6 atom stereocenters. The molecule has 1 saturated heterocycles. The minimum absolute atomic E-state index is 0.0156. The highest BCUT2D eigenvalue weighted by molar-refractivity contribution is 8.09. The van der Waals surface area contributed by atoms with Crippen molar-refractivity contribution in [3.8, 4) is 18.1 Å². The minimum atomic E-state index is -3.50. The van der Waals surface area contributed by atoms with Crippen LogP contribution < -0.4 is 20.9 Å². The molecule has 14 nitrogen and oxygen atoms in total. The number of hydrogen-bond acceptors (Lipinski definition) is 12. The lowest BCUT2D eigenvalue weighted by Crippen LogP contribution is -2.46. The average molecular weight is 633 g/mol. The maximum Gasteiger partial charge on any atom is 0.323 e. The van der Waals surface area contributed by atoms with Gasteiger partial charge in [-0.3, -0.25) is 19.1 Å². The number of nitrogens with zero attached hydrogens (tertiary/aromatic N) is 3. The first-order valence-corrected chi connectivity index (χ1v) is 16.4. The minimum Gasteiger partial charge on any atom is -0.461 e. The van der Waals surface area contributed by atoms with Crippen molar-refractivity contribution >= 4 is 41.5 Å². The van der Waals surface area contributed by atoms with Gasteiger partial charge in [0.15, 0.2) is 23.0 Å². The molecule has 2 aromatic heterocycles. The van der Waals surface area contributed by atoms with Crippen LogP contribution in [0.3, 0.4) is 0 Å². The summed E-state index contributed by atoms with van der Waals surface area (Å²) in [5, 5.41) is 25.4. The van der Waals surface area contributed by atoms with Crippen molar-refractivity contribution in [3.05, 3.63) is 47.0 Å². The summed E-state index contributed by atoms with van der Waals surface area (Å²) in [5.41, 5.74) is 2.72. The summed E-state index contributed by atoms with van der Waals surface area (Å²) in [7, 11) is 0. The Kier molecular flexibility index (Phi) is 9.19. The van der Waals surface area contributed by atoms with E-state index in [1.54, 1.807) is 37.3 Å². The van der Waals surface area contributed by atoms with Gasteiger partial charge in [0.1, 0.15) is 30.1 Å². The van der Waals surface area contributed by atoms with Gasteiger partial charge in [-0.05, 0) is 56.5 Å². The molecule has 0 bridgehead atoms. The first kappa shape index (κ1) is 31.1. The molecule has 0 radical (unpaired) electrons. The number of carbonyl (C=O) groups excluding carboxylic acids is 1. The van der Waals surface area contributed by atoms with Crippen molar-refractivity contribution < 1.29 is 33.5 Å². The van der Waals surface area contributed by atoms with Crippen LogP contribution in [0.1, 0.15) is 45.3 Å². The van der Waals surface area contributed by atoms with Crippen LogP contribution in [-0.4, -0.2) is 72.3 Å². The highest BCUT2D eigenvalue weighted by Crippen LogP contribution is 2.47. The fraction of sp³-hybridized carbons (Fsp3) is 0.481. The lowest BCUT2D eigenvalue weighted by Gasteiger charge is -2.29. The Hall–Kier alpha value is -3.35. The van der Waals surface area contributed by atoms with Gasteiger partial charge >= 0.3 is 12.6 Å². The number of imidazole rings is 1. The van der Waals surface area contributed by atoms with E-state index >= 15 is 0 Å². The van der Waals surface area contributed by atoms with Crippen LogP contribution in [0.4, 0.5) is 5.95 Å². The van der Waals surface area contributed by atoms with E-state index in [2.05, 4.69) is 26.0 Å². The summed E-state index contributed by atoms with van der Waals surface area (Å²) < 4.78 is 24.9. The van der Waals surface area contributed by atoms with Gasteiger partial charge in [0.25, 0.3) is 5.56 Å². The maximum atomic E-state index is 12.9. The van der Waals surface area contributed by atoms with Gasteiger partial charge in [0.2, 0.25) is 5.95 Å². The molecule has 2 aliphatic rings. The zero-order chi connectivity index (χ0) is 30.8. The molecule has 6 N–H and O–H groups in total. The molecule has 1 aliphatic carbocycles. The van der Waals surface area contributed by atoms with Crippen LogP contribution in [0.5, 0.6) is 5.75 Å². The molecule has 1 aromatic carbocycles. The van der Waals surface area contributed by atoms with Crippen LogP contribution in [0, 0.1) is 12.3 Å². The molecule has 5 rings (SSSR count). The van der Waals surface area contributed by atoms with Crippen molar-refractivity contribution in [1.82, 2.24) is 24.6 Å². The third-order valence-corrected chi connectivity index (χ3v) is 9.84. The van der Waals surface area contributed by atoms with Gasteiger partial charge in [-0.2, -0.15) is 4.98 Å². The van der Waals surface area contributed by atoms with Crippen molar-refractivity contribution in [3.63, 3.8) is 0 Å². The number of fused-ring (bicyclic) bond motifs is 1. The SMILES string of the molecule is C#CC1(O)C(O)C(COP(=S)(NC(C)C(=O)OC2CCCCC2)Oc2ccccc2)OC1n1cnc2c(=O)[nH]c(N)nc21. The number of rotatable bonds is 10. The number of aromatic amines is 1. The highest BCUT2D eigenvalue weighted by Gasteiger charge is 2.56. The Morgan fingerprint density at radius 3 is 2.79 bits per heavy atom. The first-order valence-electron chi connectivity index (χ1n) is 13.8. The van der Waals surface area contributed by atoms with Crippen molar-refractivity contribution in [2.75, 3.05) is 12.3 Å². The number of para-hydroxylation sites is 1. The second kappa shape index (κ2) is 12.7. The molecule has 0 spiro atoms. The van der Waals surface area contributed by atoms with E-state index < -0.39 is 54.9 Å². The quantitative estimate of drug-likeness (QED) is 0.123. The fourth-order valence-electron chi connectivity index (χ4n) is 5.07. The number of nitrogens with two attached hydrogens (primary N) is 1. The lowest BCUT2D eigenvalue weighted by atomic mass is 9.95.